The fraction of sp³-hybridized carbons (Fsp3) is 0.269. The SMILES string of the molecule is Cc1cc(Nc2nccc(C(F)(F)F)n2)cc(-c2cnc(C3(O)CCN(C(=O)c4ccccn4)CC3)s2)c1. The Kier molecular flexibility index (Phi) is 6.84. The molecule has 1 saturated heterocycles. The number of anilines is 2. The first-order valence-electron chi connectivity index (χ1n) is 11.8. The third kappa shape index (κ3) is 5.50. The van der Waals surface area contributed by atoms with Gasteiger partial charge in [0.15, 0.2) is 0 Å². The number of alkyl halides is 3. The van der Waals surface area contributed by atoms with Crippen molar-refractivity contribution in [1.29, 1.82) is 0 Å². The second-order valence-electron chi connectivity index (χ2n) is 9.04. The number of pyridine rings is 1. The van der Waals surface area contributed by atoms with Gasteiger partial charge in [-0.2, -0.15) is 13.2 Å². The van der Waals surface area contributed by atoms with Gasteiger partial charge in [-0.05, 0) is 48.4 Å². The third-order valence-electron chi connectivity index (χ3n) is 6.23. The van der Waals surface area contributed by atoms with Crippen molar-refractivity contribution in [3.63, 3.8) is 0 Å². The number of likely N-dealkylation sites (tertiary alicyclic amines) is 1. The molecule has 1 aliphatic rings. The first kappa shape index (κ1) is 25.7. The summed E-state index contributed by atoms with van der Waals surface area (Å²) in [7, 11) is 0. The summed E-state index contributed by atoms with van der Waals surface area (Å²) in [5.74, 6) is -0.334. The molecule has 1 aromatic carbocycles. The monoisotopic (exact) mass is 540 g/mol. The van der Waals surface area contributed by atoms with Crippen molar-refractivity contribution in [2.24, 2.45) is 0 Å². The molecule has 12 heteroatoms. The maximum atomic E-state index is 13.0. The first-order chi connectivity index (χ1) is 18.1. The molecule has 0 aliphatic carbocycles. The Balaban J connectivity index is 1.31. The van der Waals surface area contributed by atoms with Crippen molar-refractivity contribution in [2.45, 2.75) is 31.5 Å². The number of nitrogens with one attached hydrogen (secondary N) is 1. The largest absolute Gasteiger partial charge is 0.433 e. The Bertz CT molecular complexity index is 1450. The summed E-state index contributed by atoms with van der Waals surface area (Å²) >= 11 is 1.34. The van der Waals surface area contributed by atoms with Gasteiger partial charge in [0, 0.05) is 50.2 Å². The van der Waals surface area contributed by atoms with Crippen molar-refractivity contribution in [1.82, 2.24) is 24.8 Å². The van der Waals surface area contributed by atoms with E-state index in [-0.39, 0.29) is 11.9 Å². The summed E-state index contributed by atoms with van der Waals surface area (Å²) in [6.07, 6.45) is 0.406. The number of carbonyl (C=O) groups excluding carboxylic acids is 1. The first-order valence-corrected chi connectivity index (χ1v) is 12.6. The average molecular weight is 541 g/mol. The molecule has 0 bridgehead atoms. The zero-order chi connectivity index (χ0) is 26.9. The number of piperidine rings is 1. The second kappa shape index (κ2) is 10.1. The Hall–Kier alpha value is -3.90. The summed E-state index contributed by atoms with van der Waals surface area (Å²) in [4.78, 5) is 31.2. The highest BCUT2D eigenvalue weighted by Gasteiger charge is 2.38. The molecule has 4 heterocycles. The van der Waals surface area contributed by atoms with Gasteiger partial charge in [0.05, 0.1) is 4.88 Å². The van der Waals surface area contributed by atoms with E-state index in [0.717, 1.165) is 28.3 Å². The highest BCUT2D eigenvalue weighted by Crippen LogP contribution is 2.39. The lowest BCUT2D eigenvalue weighted by atomic mass is 9.92. The van der Waals surface area contributed by atoms with Crippen LogP contribution in [0.3, 0.4) is 0 Å². The average Bonchev–Trinajstić information content (AvgIpc) is 3.40. The van der Waals surface area contributed by atoms with E-state index in [2.05, 4.69) is 25.3 Å². The van der Waals surface area contributed by atoms with E-state index in [0.29, 0.717) is 42.3 Å². The number of carbonyl (C=O) groups is 1. The Morgan fingerprint density at radius 3 is 2.58 bits per heavy atom. The van der Waals surface area contributed by atoms with E-state index in [1.54, 1.807) is 47.6 Å². The predicted octanol–water partition coefficient (Wildman–Crippen LogP) is 5.19. The molecule has 0 radical (unpaired) electrons. The van der Waals surface area contributed by atoms with Crippen LogP contribution in [0.25, 0.3) is 10.4 Å². The van der Waals surface area contributed by atoms with Crippen LogP contribution in [0.1, 0.15) is 39.6 Å². The lowest BCUT2D eigenvalue weighted by Gasteiger charge is -2.36. The Morgan fingerprint density at radius 1 is 1.08 bits per heavy atom. The molecule has 1 aliphatic heterocycles. The minimum Gasteiger partial charge on any atom is -0.383 e. The van der Waals surface area contributed by atoms with Crippen LogP contribution >= 0.6 is 11.3 Å². The normalized spacial score (nSPS) is 15.3. The molecular formula is C26H23F3N6O2S. The van der Waals surface area contributed by atoms with E-state index in [1.807, 2.05) is 13.0 Å². The fourth-order valence-electron chi connectivity index (χ4n) is 4.27. The number of aromatic nitrogens is 4. The Labute approximate surface area is 220 Å². The van der Waals surface area contributed by atoms with Gasteiger partial charge in [0.1, 0.15) is 22.0 Å². The van der Waals surface area contributed by atoms with Crippen LogP contribution in [0, 0.1) is 6.92 Å². The number of aryl methyl sites for hydroxylation is 1. The minimum atomic E-state index is -4.57. The van der Waals surface area contributed by atoms with E-state index in [9.17, 15) is 23.1 Å². The van der Waals surface area contributed by atoms with Crippen molar-refractivity contribution in [3.05, 3.63) is 83.0 Å². The molecule has 8 nitrogen and oxygen atoms in total. The number of benzene rings is 1. The summed E-state index contributed by atoms with van der Waals surface area (Å²) in [6, 6.07) is 11.5. The van der Waals surface area contributed by atoms with Crippen LogP contribution in [0.2, 0.25) is 0 Å². The van der Waals surface area contributed by atoms with Gasteiger partial charge in [-0.3, -0.25) is 9.78 Å². The van der Waals surface area contributed by atoms with Gasteiger partial charge in [-0.1, -0.05) is 12.1 Å². The third-order valence-corrected chi connectivity index (χ3v) is 7.47. The van der Waals surface area contributed by atoms with Crippen molar-refractivity contribution in [3.8, 4) is 10.4 Å². The molecule has 0 saturated carbocycles. The zero-order valence-corrected chi connectivity index (χ0v) is 21.1. The minimum absolute atomic E-state index is 0.164. The molecule has 38 heavy (non-hydrogen) atoms. The molecule has 196 valence electrons. The van der Waals surface area contributed by atoms with Crippen LogP contribution in [-0.2, 0) is 11.8 Å². The van der Waals surface area contributed by atoms with Gasteiger partial charge in [0.2, 0.25) is 5.95 Å². The Morgan fingerprint density at radius 2 is 1.87 bits per heavy atom. The number of halogens is 3. The van der Waals surface area contributed by atoms with Gasteiger partial charge < -0.3 is 15.3 Å². The van der Waals surface area contributed by atoms with Crippen LogP contribution in [0.15, 0.2) is 61.1 Å². The van der Waals surface area contributed by atoms with E-state index < -0.39 is 17.5 Å². The van der Waals surface area contributed by atoms with E-state index >= 15 is 0 Å². The molecule has 3 aromatic heterocycles. The summed E-state index contributed by atoms with van der Waals surface area (Å²) in [6.45, 7) is 2.61. The summed E-state index contributed by atoms with van der Waals surface area (Å²) in [5, 5.41) is 14.7. The van der Waals surface area contributed by atoms with E-state index in [4.69, 9.17) is 0 Å². The number of amides is 1. The maximum Gasteiger partial charge on any atom is 0.433 e. The molecule has 0 unspecified atom stereocenters. The standard InChI is InChI=1S/C26H23F3N6O2S/c1-16-12-17(14-18(13-16)33-24-31-9-5-21(34-24)26(27,28)29)20-15-32-23(38-20)25(37)6-10-35(11-7-25)22(36)19-4-2-3-8-30-19/h2-5,8-9,12-15,37H,6-7,10-11H2,1H3,(H,31,33,34). The topological polar surface area (TPSA) is 104 Å². The lowest BCUT2D eigenvalue weighted by Crippen LogP contribution is -2.45. The second-order valence-corrected chi connectivity index (χ2v) is 10.1. The van der Waals surface area contributed by atoms with Crippen LogP contribution < -0.4 is 5.32 Å². The fourth-order valence-corrected chi connectivity index (χ4v) is 5.32. The maximum absolute atomic E-state index is 13.0. The molecule has 1 fully saturated rings. The number of hydrogen-bond donors (Lipinski definition) is 2. The molecule has 1 amide bonds. The van der Waals surface area contributed by atoms with Crippen LogP contribution in [0.5, 0.6) is 0 Å². The van der Waals surface area contributed by atoms with Crippen molar-refractivity contribution < 1.29 is 23.1 Å². The van der Waals surface area contributed by atoms with Gasteiger partial charge >= 0.3 is 6.18 Å². The highest BCUT2D eigenvalue weighted by molar-refractivity contribution is 7.15. The van der Waals surface area contributed by atoms with E-state index in [1.165, 1.54) is 11.3 Å². The van der Waals surface area contributed by atoms with Crippen LogP contribution in [-0.4, -0.2) is 48.9 Å². The number of hydrogen-bond acceptors (Lipinski definition) is 8. The lowest BCUT2D eigenvalue weighted by molar-refractivity contribution is -0.141. The molecular weight excluding hydrogens is 517 g/mol. The highest BCUT2D eigenvalue weighted by atomic mass is 32.1. The smallest absolute Gasteiger partial charge is 0.383 e. The van der Waals surface area contributed by atoms with Crippen molar-refractivity contribution >= 4 is 28.9 Å². The number of thiazole rings is 1. The van der Waals surface area contributed by atoms with Gasteiger partial charge in [-0.25, -0.2) is 15.0 Å². The molecule has 0 atom stereocenters. The summed E-state index contributed by atoms with van der Waals surface area (Å²) < 4.78 is 39.0. The van der Waals surface area contributed by atoms with Gasteiger partial charge in [0.25, 0.3) is 5.91 Å². The van der Waals surface area contributed by atoms with Crippen LogP contribution in [0.4, 0.5) is 24.8 Å². The summed E-state index contributed by atoms with van der Waals surface area (Å²) in [5.41, 5.74) is 0.349. The molecule has 2 N–H and O–H groups in total. The molecule has 4 aromatic rings. The number of nitrogens with zero attached hydrogens (tertiary/aromatic N) is 5. The zero-order valence-electron chi connectivity index (χ0n) is 20.2. The van der Waals surface area contributed by atoms with Crippen molar-refractivity contribution in [2.75, 3.05) is 18.4 Å². The molecule has 0 spiro atoms. The quantitative estimate of drug-likeness (QED) is 0.359. The van der Waals surface area contributed by atoms with Gasteiger partial charge in [-0.15, -0.1) is 11.3 Å². The number of aliphatic hydroxyl groups is 1. The molecule has 5 rings (SSSR count). The predicted molar refractivity (Wildman–Crippen MR) is 136 cm³/mol. The number of rotatable bonds is 5.